The second kappa shape index (κ2) is 4.96. The van der Waals surface area contributed by atoms with Crippen molar-refractivity contribution in [3.05, 3.63) is 59.7 Å². The molecule has 2 aromatic rings. The third kappa shape index (κ3) is 2.53. The van der Waals surface area contributed by atoms with Gasteiger partial charge in [-0.25, -0.2) is 8.78 Å². The SMILES string of the molecule is O=C(O)Cc1cc(F)c(F)cc1-c1ccccc1. The second-order valence-corrected chi connectivity index (χ2v) is 3.86. The first-order valence-electron chi connectivity index (χ1n) is 5.33. The van der Waals surface area contributed by atoms with E-state index in [2.05, 4.69) is 0 Å². The summed E-state index contributed by atoms with van der Waals surface area (Å²) in [4.78, 5) is 10.7. The predicted octanol–water partition coefficient (Wildman–Crippen LogP) is 3.26. The van der Waals surface area contributed by atoms with E-state index >= 15 is 0 Å². The summed E-state index contributed by atoms with van der Waals surface area (Å²) in [5.41, 5.74) is 1.32. The van der Waals surface area contributed by atoms with Crippen molar-refractivity contribution >= 4 is 5.97 Å². The molecule has 0 unspecified atom stereocenters. The highest BCUT2D eigenvalue weighted by molar-refractivity contribution is 5.76. The molecule has 0 saturated heterocycles. The summed E-state index contributed by atoms with van der Waals surface area (Å²) in [6.07, 6.45) is -0.346. The molecule has 18 heavy (non-hydrogen) atoms. The standard InChI is InChI=1S/C14H10F2O2/c15-12-6-10(7-14(17)18)11(8-13(12)16)9-4-2-1-3-5-9/h1-6,8H,7H2,(H,17,18). The molecule has 0 heterocycles. The Hall–Kier alpha value is -2.23. The van der Waals surface area contributed by atoms with Crippen molar-refractivity contribution in [2.45, 2.75) is 6.42 Å². The highest BCUT2D eigenvalue weighted by Gasteiger charge is 2.13. The van der Waals surface area contributed by atoms with Crippen LogP contribution in [0.1, 0.15) is 5.56 Å². The summed E-state index contributed by atoms with van der Waals surface area (Å²) in [5.74, 6) is -3.10. The number of benzene rings is 2. The Kier molecular flexibility index (Phi) is 3.37. The van der Waals surface area contributed by atoms with Crippen LogP contribution in [0.4, 0.5) is 8.78 Å². The molecule has 2 rings (SSSR count). The zero-order chi connectivity index (χ0) is 13.1. The summed E-state index contributed by atoms with van der Waals surface area (Å²) in [6, 6.07) is 10.7. The molecule has 0 aromatic heterocycles. The van der Waals surface area contributed by atoms with Crippen LogP contribution in [0.25, 0.3) is 11.1 Å². The molecular weight excluding hydrogens is 238 g/mol. The predicted molar refractivity (Wildman–Crippen MR) is 63.1 cm³/mol. The van der Waals surface area contributed by atoms with Gasteiger partial charge in [-0.1, -0.05) is 30.3 Å². The number of hydrogen-bond donors (Lipinski definition) is 1. The number of aliphatic carboxylic acids is 1. The first-order valence-corrected chi connectivity index (χ1v) is 5.33. The van der Waals surface area contributed by atoms with Crippen molar-refractivity contribution in [3.63, 3.8) is 0 Å². The maximum atomic E-state index is 13.3. The lowest BCUT2D eigenvalue weighted by molar-refractivity contribution is -0.136. The third-order valence-electron chi connectivity index (χ3n) is 2.57. The average Bonchev–Trinajstić information content (AvgIpc) is 2.34. The fourth-order valence-electron chi connectivity index (χ4n) is 1.78. The molecule has 0 radical (unpaired) electrons. The lowest BCUT2D eigenvalue weighted by Crippen LogP contribution is -2.03. The molecule has 2 nitrogen and oxygen atoms in total. The van der Waals surface area contributed by atoms with E-state index in [-0.39, 0.29) is 12.0 Å². The molecule has 0 amide bonds. The normalized spacial score (nSPS) is 10.3. The van der Waals surface area contributed by atoms with Gasteiger partial charge in [-0.05, 0) is 28.8 Å². The number of halogens is 2. The highest BCUT2D eigenvalue weighted by Crippen LogP contribution is 2.26. The Morgan fingerprint density at radius 1 is 1.06 bits per heavy atom. The minimum Gasteiger partial charge on any atom is -0.481 e. The molecular formula is C14H10F2O2. The van der Waals surface area contributed by atoms with E-state index < -0.39 is 17.6 Å². The van der Waals surface area contributed by atoms with Crippen molar-refractivity contribution < 1.29 is 18.7 Å². The molecule has 0 aliphatic carbocycles. The van der Waals surface area contributed by atoms with Gasteiger partial charge in [-0.2, -0.15) is 0 Å². The first-order chi connectivity index (χ1) is 8.58. The van der Waals surface area contributed by atoms with Gasteiger partial charge in [0.25, 0.3) is 0 Å². The van der Waals surface area contributed by atoms with Crippen LogP contribution in [-0.2, 0) is 11.2 Å². The Labute approximate surface area is 103 Å². The van der Waals surface area contributed by atoms with Crippen molar-refractivity contribution in [3.8, 4) is 11.1 Å². The van der Waals surface area contributed by atoms with Gasteiger partial charge in [0.1, 0.15) is 0 Å². The van der Waals surface area contributed by atoms with Gasteiger partial charge in [-0.15, -0.1) is 0 Å². The van der Waals surface area contributed by atoms with Crippen molar-refractivity contribution in [1.29, 1.82) is 0 Å². The van der Waals surface area contributed by atoms with E-state index in [9.17, 15) is 13.6 Å². The van der Waals surface area contributed by atoms with Crippen LogP contribution in [0.2, 0.25) is 0 Å². The maximum absolute atomic E-state index is 13.3. The number of carboxylic acids is 1. The Morgan fingerprint density at radius 2 is 1.67 bits per heavy atom. The monoisotopic (exact) mass is 248 g/mol. The molecule has 0 aliphatic rings. The van der Waals surface area contributed by atoms with Crippen LogP contribution in [0.5, 0.6) is 0 Å². The van der Waals surface area contributed by atoms with Crippen molar-refractivity contribution in [2.24, 2.45) is 0 Å². The molecule has 0 bridgehead atoms. The molecule has 4 heteroatoms. The number of rotatable bonds is 3. The van der Waals surface area contributed by atoms with Gasteiger partial charge >= 0.3 is 5.97 Å². The maximum Gasteiger partial charge on any atom is 0.307 e. The molecule has 1 N–H and O–H groups in total. The minimum absolute atomic E-state index is 0.257. The molecule has 0 aliphatic heterocycles. The first kappa shape index (κ1) is 12.2. The Balaban J connectivity index is 2.57. The van der Waals surface area contributed by atoms with E-state index in [1.54, 1.807) is 30.3 Å². The minimum atomic E-state index is -1.09. The summed E-state index contributed by atoms with van der Waals surface area (Å²) in [5, 5.41) is 8.78. The van der Waals surface area contributed by atoms with Crippen molar-refractivity contribution in [2.75, 3.05) is 0 Å². The van der Waals surface area contributed by atoms with Gasteiger partial charge in [0.2, 0.25) is 0 Å². The van der Waals surface area contributed by atoms with E-state index in [0.29, 0.717) is 11.1 Å². The molecule has 0 saturated carbocycles. The van der Waals surface area contributed by atoms with Gasteiger partial charge in [-0.3, -0.25) is 4.79 Å². The van der Waals surface area contributed by atoms with Crippen LogP contribution < -0.4 is 0 Å². The van der Waals surface area contributed by atoms with Gasteiger partial charge in [0.15, 0.2) is 11.6 Å². The smallest absolute Gasteiger partial charge is 0.307 e. The molecule has 0 fully saturated rings. The van der Waals surface area contributed by atoms with Gasteiger partial charge < -0.3 is 5.11 Å². The zero-order valence-electron chi connectivity index (χ0n) is 9.36. The lowest BCUT2D eigenvalue weighted by Gasteiger charge is -2.09. The Bertz CT molecular complexity index is 580. The largest absolute Gasteiger partial charge is 0.481 e. The molecule has 2 aromatic carbocycles. The molecule has 0 atom stereocenters. The van der Waals surface area contributed by atoms with Crippen molar-refractivity contribution in [1.82, 2.24) is 0 Å². The average molecular weight is 248 g/mol. The van der Waals surface area contributed by atoms with Crippen LogP contribution in [0.15, 0.2) is 42.5 Å². The fraction of sp³-hybridized carbons (Fsp3) is 0.0714. The summed E-state index contributed by atoms with van der Waals surface area (Å²) >= 11 is 0. The van der Waals surface area contributed by atoms with Crippen LogP contribution in [0, 0.1) is 11.6 Å². The molecule has 0 spiro atoms. The number of carboxylic acid groups (broad SMARTS) is 1. The zero-order valence-corrected chi connectivity index (χ0v) is 9.36. The van der Waals surface area contributed by atoms with Gasteiger partial charge in [0, 0.05) is 0 Å². The fourth-order valence-corrected chi connectivity index (χ4v) is 1.78. The summed E-state index contributed by atoms with van der Waals surface area (Å²) < 4.78 is 26.4. The second-order valence-electron chi connectivity index (χ2n) is 3.86. The van der Waals surface area contributed by atoms with Gasteiger partial charge in [0.05, 0.1) is 6.42 Å². The number of carbonyl (C=O) groups is 1. The summed E-state index contributed by atoms with van der Waals surface area (Å²) in [7, 11) is 0. The summed E-state index contributed by atoms with van der Waals surface area (Å²) in [6.45, 7) is 0. The topological polar surface area (TPSA) is 37.3 Å². The van der Waals surface area contributed by atoms with E-state index in [1.807, 2.05) is 0 Å². The van der Waals surface area contributed by atoms with E-state index in [1.165, 1.54) is 0 Å². The quantitative estimate of drug-likeness (QED) is 0.905. The third-order valence-corrected chi connectivity index (χ3v) is 2.57. The van der Waals surface area contributed by atoms with Crippen LogP contribution in [0.3, 0.4) is 0 Å². The van der Waals surface area contributed by atoms with E-state index in [0.717, 1.165) is 12.1 Å². The lowest BCUT2D eigenvalue weighted by atomic mass is 9.97. The number of hydrogen-bond acceptors (Lipinski definition) is 1. The van der Waals surface area contributed by atoms with Crippen LogP contribution >= 0.6 is 0 Å². The Morgan fingerprint density at radius 3 is 2.28 bits per heavy atom. The highest BCUT2D eigenvalue weighted by atomic mass is 19.2. The van der Waals surface area contributed by atoms with E-state index in [4.69, 9.17) is 5.11 Å². The van der Waals surface area contributed by atoms with Crippen LogP contribution in [-0.4, -0.2) is 11.1 Å². The molecule has 92 valence electrons.